The van der Waals surface area contributed by atoms with Gasteiger partial charge in [-0.15, -0.1) is 0 Å². The lowest BCUT2D eigenvalue weighted by Gasteiger charge is -2.27. The lowest BCUT2D eigenvalue weighted by Crippen LogP contribution is -2.39. The molecule has 1 unspecified atom stereocenters. The first-order chi connectivity index (χ1) is 12.5. The third-order valence-electron chi connectivity index (χ3n) is 4.02. The lowest BCUT2D eigenvalue weighted by molar-refractivity contribution is -0.384. The number of ether oxygens (including phenoxy) is 1. The summed E-state index contributed by atoms with van der Waals surface area (Å²) < 4.78 is 5.68. The average molecular weight is 377 g/mol. The van der Waals surface area contributed by atoms with E-state index in [4.69, 9.17) is 10.5 Å². The molecule has 0 aromatic heterocycles. The topological polar surface area (TPSA) is 106 Å². The Labute approximate surface area is 157 Å². The summed E-state index contributed by atoms with van der Waals surface area (Å²) in [7, 11) is 3.57. The number of thioether (sulfide) groups is 1. The molecule has 0 radical (unpaired) electrons. The molecule has 1 aliphatic heterocycles. The highest BCUT2D eigenvalue weighted by atomic mass is 32.2. The Balaban J connectivity index is 2.10. The molecule has 26 heavy (non-hydrogen) atoms. The number of hydrogen-bond donors (Lipinski definition) is 1. The van der Waals surface area contributed by atoms with E-state index >= 15 is 0 Å². The van der Waals surface area contributed by atoms with Crippen LogP contribution in [0.25, 0.3) is 0 Å². The summed E-state index contributed by atoms with van der Waals surface area (Å²) in [6.45, 7) is 4.34. The van der Waals surface area contributed by atoms with Crippen molar-refractivity contribution in [1.82, 2.24) is 4.90 Å². The van der Waals surface area contributed by atoms with Crippen LogP contribution < -0.4 is 5.73 Å². The number of amidine groups is 1. The van der Waals surface area contributed by atoms with Crippen molar-refractivity contribution in [3.8, 4) is 0 Å². The molecule has 0 aliphatic carbocycles. The second-order valence-corrected chi connectivity index (χ2v) is 6.68. The number of benzene rings is 1. The first kappa shape index (κ1) is 19.9. The summed E-state index contributed by atoms with van der Waals surface area (Å²) in [5, 5.41) is 11.3. The van der Waals surface area contributed by atoms with Crippen LogP contribution in [0.5, 0.6) is 0 Å². The number of nitrogens with two attached hydrogens (primary N) is 1. The largest absolute Gasteiger partial charge is 0.394 e. The van der Waals surface area contributed by atoms with Gasteiger partial charge in [0.25, 0.3) is 5.69 Å². The summed E-state index contributed by atoms with van der Waals surface area (Å²) in [5.41, 5.74) is 7.72. The Morgan fingerprint density at radius 2 is 2.19 bits per heavy atom. The minimum absolute atomic E-state index is 0.0435. The minimum Gasteiger partial charge on any atom is -0.394 e. The molecule has 1 aromatic rings. The molecule has 1 saturated heterocycles. The summed E-state index contributed by atoms with van der Waals surface area (Å²) in [6, 6.07) is 6.40. The first-order valence-electron chi connectivity index (χ1n) is 8.12. The Morgan fingerprint density at radius 1 is 1.50 bits per heavy atom. The Hall–Kier alpha value is -2.39. The molecule has 2 rings (SSSR count). The number of likely N-dealkylation sites (N-methyl/N-ethyl adjacent to an activating group) is 1. The fourth-order valence-electron chi connectivity index (χ4n) is 2.64. The van der Waals surface area contributed by atoms with Crippen molar-refractivity contribution in [2.75, 3.05) is 20.7 Å². The highest BCUT2D eigenvalue weighted by Gasteiger charge is 2.25. The van der Waals surface area contributed by atoms with Crippen molar-refractivity contribution in [3.63, 3.8) is 0 Å². The molecule has 1 fully saturated rings. The van der Waals surface area contributed by atoms with Gasteiger partial charge in [0.05, 0.1) is 4.92 Å². The summed E-state index contributed by atoms with van der Waals surface area (Å²) in [5.74, 6) is 1.17. The van der Waals surface area contributed by atoms with Crippen LogP contribution in [0.15, 0.2) is 45.0 Å². The van der Waals surface area contributed by atoms with Gasteiger partial charge in [-0.2, -0.15) is 0 Å². The lowest BCUT2D eigenvalue weighted by atomic mass is 10.2. The maximum Gasteiger partial charge on any atom is 0.269 e. The van der Waals surface area contributed by atoms with Crippen molar-refractivity contribution in [1.29, 1.82) is 0 Å². The van der Waals surface area contributed by atoms with E-state index < -0.39 is 4.92 Å². The number of nitro benzene ring substituents is 1. The van der Waals surface area contributed by atoms with Crippen molar-refractivity contribution in [2.45, 2.75) is 24.8 Å². The van der Waals surface area contributed by atoms with E-state index in [0.717, 1.165) is 25.0 Å². The molecule has 1 aromatic carbocycles. The van der Waals surface area contributed by atoms with E-state index in [-0.39, 0.29) is 11.9 Å². The maximum absolute atomic E-state index is 10.7. The van der Waals surface area contributed by atoms with Gasteiger partial charge in [-0.25, -0.2) is 0 Å². The van der Waals surface area contributed by atoms with E-state index in [1.54, 1.807) is 19.2 Å². The standard InChI is InChI=1S/C17H23N5O3S/c1-19-16(21(3)14-5-4-10-25-14)15(18)17(20-2)26-11-12-6-8-13(9-7-12)22(23)24/h6-9,14H,2,4-5,10-11,18H2,1,3H3/b17-15-,19-16?. The molecule has 8 nitrogen and oxygen atoms in total. The first-order valence-corrected chi connectivity index (χ1v) is 9.10. The maximum atomic E-state index is 10.7. The molecule has 0 spiro atoms. The Kier molecular flexibility index (Phi) is 7.16. The molecule has 1 aliphatic rings. The average Bonchev–Trinajstić information content (AvgIpc) is 3.18. The highest BCUT2D eigenvalue weighted by molar-refractivity contribution is 8.02. The van der Waals surface area contributed by atoms with Crippen LogP contribution in [0.3, 0.4) is 0 Å². The zero-order valence-corrected chi connectivity index (χ0v) is 15.7. The Morgan fingerprint density at radius 3 is 2.69 bits per heavy atom. The second kappa shape index (κ2) is 9.35. The zero-order valence-electron chi connectivity index (χ0n) is 14.9. The van der Waals surface area contributed by atoms with E-state index in [9.17, 15) is 10.1 Å². The van der Waals surface area contributed by atoms with E-state index in [1.807, 2.05) is 11.9 Å². The fraction of sp³-hybridized carbons (Fsp3) is 0.412. The number of rotatable bonds is 7. The van der Waals surface area contributed by atoms with Gasteiger partial charge in [0.2, 0.25) is 0 Å². The van der Waals surface area contributed by atoms with Crippen LogP contribution >= 0.6 is 11.8 Å². The highest BCUT2D eigenvalue weighted by Crippen LogP contribution is 2.26. The normalized spacial score (nSPS) is 18.4. The van der Waals surface area contributed by atoms with Gasteiger partial charge in [0.15, 0.2) is 5.84 Å². The van der Waals surface area contributed by atoms with E-state index in [2.05, 4.69) is 16.7 Å². The number of nitro groups is 1. The number of aliphatic imine (C=N–C) groups is 2. The summed E-state index contributed by atoms with van der Waals surface area (Å²) >= 11 is 1.41. The third-order valence-corrected chi connectivity index (χ3v) is 5.12. The number of hydrogen-bond acceptors (Lipinski definition) is 7. The van der Waals surface area contributed by atoms with Crippen molar-refractivity contribution in [3.05, 3.63) is 50.7 Å². The smallest absolute Gasteiger partial charge is 0.269 e. The molecule has 2 N–H and O–H groups in total. The van der Waals surface area contributed by atoms with Crippen LogP contribution in [0.1, 0.15) is 18.4 Å². The predicted octanol–water partition coefficient (Wildman–Crippen LogP) is 2.75. The van der Waals surface area contributed by atoms with Crippen LogP contribution in [0.4, 0.5) is 5.69 Å². The van der Waals surface area contributed by atoms with Gasteiger partial charge in [-0.1, -0.05) is 23.9 Å². The van der Waals surface area contributed by atoms with Crippen molar-refractivity contribution < 1.29 is 9.66 Å². The van der Waals surface area contributed by atoms with Gasteiger partial charge < -0.3 is 15.4 Å². The quantitative estimate of drug-likeness (QED) is 0.339. The van der Waals surface area contributed by atoms with E-state index in [0.29, 0.717) is 22.3 Å². The summed E-state index contributed by atoms with van der Waals surface area (Å²) in [4.78, 5) is 20.5. The number of nitrogens with zero attached hydrogens (tertiary/aromatic N) is 4. The minimum atomic E-state index is -0.420. The van der Waals surface area contributed by atoms with Gasteiger partial charge in [0, 0.05) is 38.6 Å². The predicted molar refractivity (Wildman–Crippen MR) is 105 cm³/mol. The SMILES string of the molecule is C=N/C(SCc1ccc([N+](=O)[O-])cc1)=C(/N)C(=NC)N(C)C1CCCO1. The molecular weight excluding hydrogens is 354 g/mol. The molecule has 140 valence electrons. The van der Waals surface area contributed by atoms with Crippen molar-refractivity contribution >= 4 is 30.0 Å². The Bertz CT molecular complexity index is 712. The molecule has 0 saturated carbocycles. The molecule has 1 atom stereocenters. The monoisotopic (exact) mass is 377 g/mol. The fourth-order valence-corrected chi connectivity index (χ4v) is 3.47. The van der Waals surface area contributed by atoms with E-state index in [1.165, 1.54) is 23.9 Å². The molecule has 0 bridgehead atoms. The second-order valence-electron chi connectivity index (χ2n) is 5.71. The van der Waals surface area contributed by atoms with Crippen LogP contribution in [-0.2, 0) is 10.5 Å². The van der Waals surface area contributed by atoms with Crippen LogP contribution in [0.2, 0.25) is 0 Å². The van der Waals surface area contributed by atoms with Gasteiger partial charge in [0.1, 0.15) is 17.0 Å². The third kappa shape index (κ3) is 4.83. The van der Waals surface area contributed by atoms with Crippen LogP contribution in [-0.4, -0.2) is 49.3 Å². The molecule has 9 heteroatoms. The van der Waals surface area contributed by atoms with Gasteiger partial charge >= 0.3 is 0 Å². The molecule has 1 heterocycles. The summed E-state index contributed by atoms with van der Waals surface area (Å²) in [6.07, 6.45) is 1.89. The van der Waals surface area contributed by atoms with Gasteiger partial charge in [-0.05, 0) is 25.1 Å². The van der Waals surface area contributed by atoms with Gasteiger partial charge in [-0.3, -0.25) is 20.1 Å². The molecular formula is C17H23N5O3S. The zero-order chi connectivity index (χ0) is 19.1. The van der Waals surface area contributed by atoms with Crippen molar-refractivity contribution in [2.24, 2.45) is 15.7 Å². The molecule has 0 amide bonds. The number of non-ortho nitro benzene ring substituents is 1. The van der Waals surface area contributed by atoms with Crippen LogP contribution in [0, 0.1) is 10.1 Å².